The molecule has 0 radical (unpaired) electrons. The molecule has 1 atom stereocenters. The lowest BCUT2D eigenvalue weighted by Crippen LogP contribution is -2.35. The molecule has 0 fully saturated rings. The molecule has 1 aliphatic heterocycles. The molecule has 2 aromatic rings. The van der Waals surface area contributed by atoms with E-state index < -0.39 is 30.4 Å². The third-order valence-electron chi connectivity index (χ3n) is 4.31. The van der Waals surface area contributed by atoms with Gasteiger partial charge in [0.1, 0.15) is 12.6 Å². The van der Waals surface area contributed by atoms with Crippen LogP contribution in [-0.4, -0.2) is 28.9 Å². The first-order valence-corrected chi connectivity index (χ1v) is 8.84. The van der Waals surface area contributed by atoms with Crippen LogP contribution in [0.5, 0.6) is 0 Å². The van der Waals surface area contributed by atoms with Gasteiger partial charge in [0.25, 0.3) is 0 Å². The maximum atomic E-state index is 12.9. The lowest BCUT2D eigenvalue weighted by molar-refractivity contribution is -0.134. The van der Waals surface area contributed by atoms with Crippen LogP contribution in [-0.2, 0) is 11.2 Å². The minimum Gasteiger partial charge on any atom is -0.478 e. The number of hydrogen-bond donors (Lipinski definition) is 2. The number of hydrogen-bond acceptors (Lipinski definition) is 3. The van der Waals surface area contributed by atoms with Crippen LogP contribution in [0.1, 0.15) is 22.8 Å². The van der Waals surface area contributed by atoms with Gasteiger partial charge in [0, 0.05) is 17.5 Å². The zero-order valence-corrected chi connectivity index (χ0v) is 15.7. The fourth-order valence-electron chi connectivity index (χ4n) is 3.07. The maximum Gasteiger partial charge on any atom is 0.406 e. The molecule has 0 saturated carbocycles. The summed E-state index contributed by atoms with van der Waals surface area (Å²) in [6.07, 6.45) is -4.97. The van der Waals surface area contributed by atoms with Crippen LogP contribution >= 0.6 is 23.2 Å². The van der Waals surface area contributed by atoms with E-state index in [1.165, 1.54) is 12.1 Å². The summed E-state index contributed by atoms with van der Waals surface area (Å²) in [7, 11) is 0. The highest BCUT2D eigenvalue weighted by Gasteiger charge is 2.36. The lowest BCUT2D eigenvalue weighted by Gasteiger charge is -2.32. The molecule has 0 spiro atoms. The van der Waals surface area contributed by atoms with Gasteiger partial charge in [-0.25, -0.2) is 4.79 Å². The van der Waals surface area contributed by atoms with Crippen molar-refractivity contribution >= 4 is 34.9 Å². The van der Waals surface area contributed by atoms with Gasteiger partial charge in [0.15, 0.2) is 0 Å². The van der Waals surface area contributed by atoms with E-state index in [1.807, 2.05) is 0 Å². The second-order valence-electron chi connectivity index (χ2n) is 6.32. The van der Waals surface area contributed by atoms with Crippen molar-refractivity contribution in [2.45, 2.75) is 18.7 Å². The van der Waals surface area contributed by atoms with Crippen LogP contribution in [0.15, 0.2) is 48.2 Å². The van der Waals surface area contributed by atoms with E-state index >= 15 is 0 Å². The number of carbonyl (C=O) groups is 1. The number of fused-ring (bicyclic) bond motifs is 1. The monoisotopic (exact) mass is 431 g/mol. The molecular weight excluding hydrogens is 418 g/mol. The predicted molar refractivity (Wildman–Crippen MR) is 99.8 cm³/mol. The third-order valence-corrected chi connectivity index (χ3v) is 5.17. The van der Waals surface area contributed by atoms with Crippen LogP contribution in [0.4, 0.5) is 18.9 Å². The van der Waals surface area contributed by atoms with Gasteiger partial charge in [-0.15, -0.1) is 0 Å². The second kappa shape index (κ2) is 7.66. The van der Waals surface area contributed by atoms with Crippen molar-refractivity contribution in [3.8, 4) is 0 Å². The van der Waals surface area contributed by atoms with Crippen LogP contribution in [0, 0.1) is 0 Å². The molecule has 2 aromatic carbocycles. The minimum absolute atomic E-state index is 0.0831. The first-order chi connectivity index (χ1) is 13.1. The summed E-state index contributed by atoms with van der Waals surface area (Å²) >= 11 is 12.2. The first kappa shape index (κ1) is 20.5. The van der Waals surface area contributed by atoms with Crippen LogP contribution < -0.4 is 4.90 Å². The highest BCUT2D eigenvalue weighted by Crippen LogP contribution is 2.39. The molecule has 3 rings (SSSR count). The molecular formula is C19H14Cl2F3NO3. The van der Waals surface area contributed by atoms with E-state index in [1.54, 1.807) is 24.3 Å². The van der Waals surface area contributed by atoms with E-state index in [2.05, 4.69) is 0 Å². The topological polar surface area (TPSA) is 60.8 Å². The summed E-state index contributed by atoms with van der Waals surface area (Å²) in [5, 5.41) is 20.4. The molecule has 4 nitrogen and oxygen atoms in total. The zero-order chi connectivity index (χ0) is 20.6. The fourth-order valence-corrected chi connectivity index (χ4v) is 3.46. The van der Waals surface area contributed by atoms with E-state index in [4.69, 9.17) is 23.2 Å². The van der Waals surface area contributed by atoms with Gasteiger partial charge < -0.3 is 15.1 Å². The fraction of sp³-hybridized carbons (Fsp3) is 0.211. The summed E-state index contributed by atoms with van der Waals surface area (Å²) in [5.74, 6) is -1.49. The third kappa shape index (κ3) is 4.27. The molecule has 1 unspecified atom stereocenters. The number of nitrogens with zero attached hydrogens (tertiary/aromatic N) is 1. The summed E-state index contributed by atoms with van der Waals surface area (Å²) < 4.78 is 38.7. The molecule has 0 amide bonds. The highest BCUT2D eigenvalue weighted by molar-refractivity contribution is 6.42. The number of rotatable bonds is 4. The molecule has 0 saturated heterocycles. The largest absolute Gasteiger partial charge is 0.478 e. The Balaban J connectivity index is 2.01. The van der Waals surface area contributed by atoms with Gasteiger partial charge in [-0.2, -0.15) is 13.2 Å². The molecule has 28 heavy (non-hydrogen) atoms. The van der Waals surface area contributed by atoms with Crippen LogP contribution in [0.25, 0.3) is 0 Å². The van der Waals surface area contributed by atoms with E-state index in [0.717, 1.165) is 11.1 Å². The van der Waals surface area contributed by atoms with Crippen molar-refractivity contribution < 1.29 is 28.2 Å². The summed E-state index contributed by atoms with van der Waals surface area (Å²) in [5.41, 5.74) is 0.978. The number of aliphatic carboxylic acids is 1. The standard InChI is InChI=1S/C19H14Cl2F3NO3/c20-14-3-1-2-11(16(14)21)6-10-4-5-15-12(7-10)17(26)13(18(27)28)8-25(15)9-19(22,23)24/h1-5,7-8,17,26H,6,9H2,(H,27,28). The Morgan fingerprint density at radius 3 is 2.54 bits per heavy atom. The van der Waals surface area contributed by atoms with E-state index in [-0.39, 0.29) is 11.3 Å². The summed E-state index contributed by atoms with van der Waals surface area (Å²) in [4.78, 5) is 12.2. The summed E-state index contributed by atoms with van der Waals surface area (Å²) in [6, 6.07) is 9.61. The number of carboxylic acids is 1. The quantitative estimate of drug-likeness (QED) is 0.717. The van der Waals surface area contributed by atoms with Gasteiger partial charge >= 0.3 is 12.1 Å². The minimum atomic E-state index is -4.55. The van der Waals surface area contributed by atoms with Crippen molar-refractivity contribution in [1.82, 2.24) is 0 Å². The molecule has 1 heterocycles. The Bertz CT molecular complexity index is 960. The Kier molecular flexibility index (Phi) is 5.61. The molecule has 0 bridgehead atoms. The molecule has 0 aromatic heterocycles. The van der Waals surface area contributed by atoms with Crippen molar-refractivity contribution in [1.29, 1.82) is 0 Å². The van der Waals surface area contributed by atoms with E-state index in [0.29, 0.717) is 27.6 Å². The van der Waals surface area contributed by atoms with Crippen molar-refractivity contribution in [3.63, 3.8) is 0 Å². The Hall–Kier alpha value is -2.22. The van der Waals surface area contributed by atoms with Gasteiger partial charge in [0.05, 0.1) is 15.6 Å². The zero-order valence-electron chi connectivity index (χ0n) is 14.2. The number of aliphatic hydroxyl groups excluding tert-OH is 1. The van der Waals surface area contributed by atoms with Gasteiger partial charge in [-0.05, 0) is 29.7 Å². The van der Waals surface area contributed by atoms with Gasteiger partial charge in [0.2, 0.25) is 0 Å². The number of aliphatic hydroxyl groups is 1. The number of carboxylic acid groups (broad SMARTS) is 1. The molecule has 9 heteroatoms. The SMILES string of the molecule is O=C(O)C1=CN(CC(F)(F)F)c2ccc(Cc3cccc(Cl)c3Cl)cc2C1O. The number of alkyl halides is 3. The Morgan fingerprint density at radius 1 is 1.18 bits per heavy atom. The lowest BCUT2D eigenvalue weighted by atomic mass is 9.93. The van der Waals surface area contributed by atoms with Crippen LogP contribution in [0.2, 0.25) is 10.0 Å². The molecule has 1 aliphatic rings. The normalized spacial score (nSPS) is 16.6. The molecule has 0 aliphatic carbocycles. The van der Waals surface area contributed by atoms with Crippen molar-refractivity contribution in [3.05, 3.63) is 74.9 Å². The molecule has 2 N–H and O–H groups in total. The first-order valence-electron chi connectivity index (χ1n) is 8.09. The smallest absolute Gasteiger partial charge is 0.406 e. The number of benzene rings is 2. The van der Waals surface area contributed by atoms with Crippen molar-refractivity contribution in [2.75, 3.05) is 11.4 Å². The average Bonchev–Trinajstić information content (AvgIpc) is 2.60. The van der Waals surface area contributed by atoms with Crippen LogP contribution in [0.3, 0.4) is 0 Å². The highest BCUT2D eigenvalue weighted by atomic mass is 35.5. The summed E-state index contributed by atoms with van der Waals surface area (Å²) in [6.45, 7) is -1.37. The number of halogens is 5. The number of anilines is 1. The Morgan fingerprint density at radius 2 is 1.89 bits per heavy atom. The van der Waals surface area contributed by atoms with Crippen molar-refractivity contribution in [2.24, 2.45) is 0 Å². The van der Waals surface area contributed by atoms with E-state index in [9.17, 15) is 28.2 Å². The maximum absolute atomic E-state index is 12.9. The average molecular weight is 432 g/mol. The Labute approximate surface area is 168 Å². The van der Waals surface area contributed by atoms with Gasteiger partial charge in [-0.1, -0.05) is 47.5 Å². The predicted octanol–water partition coefficient (Wildman–Crippen LogP) is 4.97. The second-order valence-corrected chi connectivity index (χ2v) is 7.10. The molecule has 148 valence electrons. The van der Waals surface area contributed by atoms with Gasteiger partial charge in [-0.3, -0.25) is 0 Å².